The Balaban J connectivity index is 1.25. The lowest BCUT2D eigenvalue weighted by molar-refractivity contribution is -0.917. The lowest BCUT2D eigenvalue weighted by atomic mass is 10.1. The van der Waals surface area contributed by atoms with Crippen LogP contribution in [0.1, 0.15) is 21.6 Å². The molecule has 1 fully saturated rings. The predicted molar refractivity (Wildman–Crippen MR) is 114 cm³/mol. The van der Waals surface area contributed by atoms with Crippen molar-refractivity contribution in [1.29, 1.82) is 0 Å². The standard InChI is InChI=1S/C24H25N3O5/c1-25-19-5-3-2-4-17(19)18(23(25)24(29)30)13-22(28)27-10-8-26(9-11-27)14-16-6-7-20-21(12-16)32-15-31-20/h2-7,12H,8-11,13-15H2,1H3,(H,29,30). The van der Waals surface area contributed by atoms with E-state index in [1.54, 1.807) is 11.6 Å². The van der Waals surface area contributed by atoms with Crippen LogP contribution in [0.15, 0.2) is 42.5 Å². The third-order valence-corrected chi connectivity index (χ3v) is 6.45. The molecule has 0 spiro atoms. The molecule has 1 amide bonds. The van der Waals surface area contributed by atoms with Crippen molar-refractivity contribution in [3.8, 4) is 11.5 Å². The first kappa shape index (κ1) is 20.4. The highest BCUT2D eigenvalue weighted by atomic mass is 16.7. The summed E-state index contributed by atoms with van der Waals surface area (Å²) in [5.41, 5.74) is 2.57. The molecule has 3 heterocycles. The van der Waals surface area contributed by atoms with E-state index in [0.29, 0.717) is 18.7 Å². The number of carboxylic acids is 1. The summed E-state index contributed by atoms with van der Waals surface area (Å²) in [5, 5.41) is 12.6. The Kier molecular flexibility index (Phi) is 5.22. The van der Waals surface area contributed by atoms with Gasteiger partial charge in [0.1, 0.15) is 6.54 Å². The number of ether oxygens (including phenoxy) is 2. The second kappa shape index (κ2) is 8.20. The van der Waals surface area contributed by atoms with Crippen molar-refractivity contribution >= 4 is 22.8 Å². The van der Waals surface area contributed by atoms with Crippen LogP contribution in [0.4, 0.5) is 0 Å². The summed E-state index contributed by atoms with van der Waals surface area (Å²) in [7, 11) is 1.69. The van der Waals surface area contributed by atoms with E-state index >= 15 is 0 Å². The van der Waals surface area contributed by atoms with Crippen LogP contribution in [0, 0.1) is 0 Å². The number of nitrogens with one attached hydrogen (secondary N) is 1. The number of carbonyl (C=O) groups excluding carboxylic acids is 2. The first-order valence-corrected chi connectivity index (χ1v) is 10.8. The first-order chi connectivity index (χ1) is 15.5. The Hall–Kier alpha value is -3.52. The SMILES string of the molecule is Cn1c(C(=O)[O-])c(CC(=O)N2CC[NH+](Cc3ccc4c(c3)OCO4)CC2)c2ccccc21. The highest BCUT2D eigenvalue weighted by Crippen LogP contribution is 2.32. The van der Waals surface area contributed by atoms with Gasteiger partial charge >= 0.3 is 0 Å². The van der Waals surface area contributed by atoms with Gasteiger partial charge in [-0.25, -0.2) is 0 Å². The van der Waals surface area contributed by atoms with E-state index in [1.807, 2.05) is 41.3 Å². The molecular formula is C24H25N3O5. The highest BCUT2D eigenvalue weighted by Gasteiger charge is 2.26. The van der Waals surface area contributed by atoms with Gasteiger partial charge in [0.15, 0.2) is 11.5 Å². The summed E-state index contributed by atoms with van der Waals surface area (Å²) in [6, 6.07) is 13.4. The lowest BCUT2D eigenvalue weighted by Crippen LogP contribution is -3.13. The number of piperazine rings is 1. The zero-order chi connectivity index (χ0) is 22.2. The number of nitrogens with zero attached hydrogens (tertiary/aromatic N) is 2. The number of para-hydroxylation sites is 1. The van der Waals surface area contributed by atoms with Crippen LogP contribution in [0.2, 0.25) is 0 Å². The second-order valence-electron chi connectivity index (χ2n) is 8.36. The normalized spacial score (nSPS) is 16.0. The summed E-state index contributed by atoms with van der Waals surface area (Å²) in [6.07, 6.45) is 0.0577. The second-order valence-corrected chi connectivity index (χ2v) is 8.36. The van der Waals surface area contributed by atoms with Crippen LogP contribution in [0.5, 0.6) is 11.5 Å². The van der Waals surface area contributed by atoms with Crippen LogP contribution >= 0.6 is 0 Å². The number of benzene rings is 2. The number of hydrogen-bond donors (Lipinski definition) is 1. The van der Waals surface area contributed by atoms with Gasteiger partial charge in [-0.15, -0.1) is 0 Å². The fourth-order valence-corrected chi connectivity index (χ4v) is 4.76. The van der Waals surface area contributed by atoms with Crippen LogP contribution in [-0.4, -0.2) is 54.3 Å². The maximum atomic E-state index is 13.1. The molecule has 2 aliphatic rings. The van der Waals surface area contributed by atoms with Crippen molar-refractivity contribution in [3.05, 3.63) is 59.3 Å². The molecular weight excluding hydrogens is 410 g/mol. The average molecular weight is 435 g/mol. The van der Waals surface area contributed by atoms with Crippen molar-refractivity contribution in [3.63, 3.8) is 0 Å². The summed E-state index contributed by atoms with van der Waals surface area (Å²) < 4.78 is 12.4. The molecule has 1 aromatic heterocycles. The smallest absolute Gasteiger partial charge is 0.231 e. The fraction of sp³-hybridized carbons (Fsp3) is 0.333. The molecule has 2 aromatic carbocycles. The summed E-state index contributed by atoms with van der Waals surface area (Å²) in [5.74, 6) is 0.258. The van der Waals surface area contributed by atoms with E-state index < -0.39 is 5.97 Å². The quantitative estimate of drug-likeness (QED) is 0.597. The molecule has 0 saturated carbocycles. The molecule has 2 aliphatic heterocycles. The molecule has 0 aliphatic carbocycles. The van der Waals surface area contributed by atoms with E-state index in [1.165, 1.54) is 10.5 Å². The van der Waals surface area contributed by atoms with Crippen molar-refractivity contribution in [2.45, 2.75) is 13.0 Å². The number of hydrogen-bond acceptors (Lipinski definition) is 5. The molecule has 0 bridgehead atoms. The first-order valence-electron chi connectivity index (χ1n) is 10.8. The number of quaternary nitrogens is 1. The minimum absolute atomic E-state index is 0.0500. The Morgan fingerprint density at radius 1 is 1.06 bits per heavy atom. The fourth-order valence-electron chi connectivity index (χ4n) is 4.76. The Morgan fingerprint density at radius 2 is 1.81 bits per heavy atom. The molecule has 32 heavy (non-hydrogen) atoms. The number of rotatable bonds is 5. The zero-order valence-electron chi connectivity index (χ0n) is 17.9. The monoisotopic (exact) mass is 435 g/mol. The largest absolute Gasteiger partial charge is 0.543 e. The molecule has 166 valence electrons. The van der Waals surface area contributed by atoms with Gasteiger partial charge in [0.05, 0.1) is 44.3 Å². The molecule has 0 radical (unpaired) electrons. The maximum absolute atomic E-state index is 13.1. The van der Waals surface area contributed by atoms with E-state index in [4.69, 9.17) is 9.47 Å². The number of fused-ring (bicyclic) bond motifs is 2. The van der Waals surface area contributed by atoms with Crippen LogP contribution in [0.3, 0.4) is 0 Å². The van der Waals surface area contributed by atoms with Crippen molar-refractivity contribution in [2.75, 3.05) is 33.0 Å². The molecule has 0 atom stereocenters. The van der Waals surface area contributed by atoms with E-state index in [9.17, 15) is 14.7 Å². The minimum atomic E-state index is -1.26. The Bertz CT molecular complexity index is 1190. The van der Waals surface area contributed by atoms with Crippen molar-refractivity contribution in [2.24, 2.45) is 7.05 Å². The molecule has 5 rings (SSSR count). The summed E-state index contributed by atoms with van der Waals surface area (Å²) >= 11 is 0. The van der Waals surface area contributed by atoms with Crippen LogP contribution < -0.4 is 19.5 Å². The molecule has 1 N–H and O–H groups in total. The molecule has 0 unspecified atom stereocenters. The van der Waals surface area contributed by atoms with E-state index in [2.05, 4.69) is 6.07 Å². The minimum Gasteiger partial charge on any atom is -0.543 e. The van der Waals surface area contributed by atoms with Gasteiger partial charge in [-0.2, -0.15) is 0 Å². The van der Waals surface area contributed by atoms with Crippen LogP contribution in [-0.2, 0) is 24.8 Å². The maximum Gasteiger partial charge on any atom is 0.231 e. The number of carboxylic acid groups (broad SMARTS) is 1. The van der Waals surface area contributed by atoms with Gasteiger partial charge in [0.2, 0.25) is 12.7 Å². The van der Waals surface area contributed by atoms with Crippen molar-refractivity contribution in [1.82, 2.24) is 9.47 Å². The number of carbonyl (C=O) groups is 2. The third-order valence-electron chi connectivity index (χ3n) is 6.45. The summed E-state index contributed by atoms with van der Waals surface area (Å²) in [4.78, 5) is 28.1. The third kappa shape index (κ3) is 3.67. The lowest BCUT2D eigenvalue weighted by Gasteiger charge is -2.32. The van der Waals surface area contributed by atoms with Gasteiger partial charge in [0, 0.05) is 23.5 Å². The van der Waals surface area contributed by atoms with Gasteiger partial charge in [-0.3, -0.25) is 4.79 Å². The summed E-state index contributed by atoms with van der Waals surface area (Å²) in [6.45, 7) is 4.08. The number of aryl methyl sites for hydroxylation is 1. The van der Waals surface area contributed by atoms with Crippen LogP contribution in [0.25, 0.3) is 10.9 Å². The van der Waals surface area contributed by atoms with Gasteiger partial charge in [-0.1, -0.05) is 18.2 Å². The molecule has 1 saturated heterocycles. The molecule has 8 nitrogen and oxygen atoms in total. The van der Waals surface area contributed by atoms with Gasteiger partial charge < -0.3 is 33.7 Å². The Labute approximate surface area is 185 Å². The Morgan fingerprint density at radius 3 is 2.59 bits per heavy atom. The molecule has 8 heteroatoms. The predicted octanol–water partition coefficient (Wildman–Crippen LogP) is -0.260. The number of aromatic nitrogens is 1. The molecule has 3 aromatic rings. The number of aromatic carboxylic acids is 1. The topological polar surface area (TPSA) is 88.3 Å². The van der Waals surface area contributed by atoms with E-state index in [0.717, 1.165) is 42.0 Å². The number of amides is 1. The van der Waals surface area contributed by atoms with E-state index in [-0.39, 0.29) is 24.8 Å². The average Bonchev–Trinajstić information content (AvgIpc) is 3.37. The zero-order valence-corrected chi connectivity index (χ0v) is 17.9. The van der Waals surface area contributed by atoms with Gasteiger partial charge in [0.25, 0.3) is 0 Å². The van der Waals surface area contributed by atoms with Gasteiger partial charge in [-0.05, 0) is 29.8 Å². The highest BCUT2D eigenvalue weighted by molar-refractivity contribution is 6.00. The van der Waals surface area contributed by atoms with Crippen molar-refractivity contribution < 1.29 is 29.1 Å².